The summed E-state index contributed by atoms with van der Waals surface area (Å²) in [4.78, 5) is 14.3. The summed E-state index contributed by atoms with van der Waals surface area (Å²) >= 11 is 0. The summed E-state index contributed by atoms with van der Waals surface area (Å²) < 4.78 is 5.35. The molecule has 0 radical (unpaired) electrons. The van der Waals surface area contributed by atoms with Crippen molar-refractivity contribution in [2.45, 2.75) is 70.9 Å². The lowest BCUT2D eigenvalue weighted by Gasteiger charge is -2.32. The Balaban J connectivity index is 1.85. The van der Waals surface area contributed by atoms with Gasteiger partial charge >= 0.3 is 6.09 Å². The second-order valence-corrected chi connectivity index (χ2v) is 9.14. The second kappa shape index (κ2) is 9.43. The largest absolute Gasteiger partial charge is 0.444 e. The molecule has 1 aromatic carbocycles. The van der Waals surface area contributed by atoms with E-state index in [1.807, 2.05) is 39.0 Å². The van der Waals surface area contributed by atoms with Gasteiger partial charge in [-0.3, -0.25) is 0 Å². The van der Waals surface area contributed by atoms with Gasteiger partial charge in [-0.25, -0.2) is 4.79 Å². The average Bonchev–Trinajstić information content (AvgIpc) is 3.04. The molecule has 0 bridgehead atoms. The minimum Gasteiger partial charge on any atom is -0.444 e. The Labute approximate surface area is 170 Å². The number of carbonyl (C=O) groups excluding carboxylic acids is 1. The van der Waals surface area contributed by atoms with Gasteiger partial charge in [0.2, 0.25) is 0 Å². The minimum absolute atomic E-state index is 0.134. The van der Waals surface area contributed by atoms with E-state index in [2.05, 4.69) is 42.3 Å². The Hall–Kier alpha value is -2.06. The molecule has 1 aliphatic heterocycles. The van der Waals surface area contributed by atoms with Crippen LogP contribution >= 0.6 is 0 Å². The van der Waals surface area contributed by atoms with Crippen LogP contribution in [0.25, 0.3) is 0 Å². The zero-order chi connectivity index (χ0) is 20.8. The van der Waals surface area contributed by atoms with Crippen molar-refractivity contribution in [1.29, 1.82) is 5.26 Å². The number of alkyl carbamates (subject to hydrolysis) is 1. The monoisotopic (exact) mass is 385 g/mol. The van der Waals surface area contributed by atoms with Crippen LogP contribution in [0.2, 0.25) is 0 Å². The minimum atomic E-state index is -0.475. The van der Waals surface area contributed by atoms with Gasteiger partial charge in [0.1, 0.15) is 5.60 Å². The van der Waals surface area contributed by atoms with Crippen molar-refractivity contribution < 1.29 is 9.53 Å². The van der Waals surface area contributed by atoms with Crippen LogP contribution in [0.1, 0.15) is 59.4 Å². The molecule has 1 N–H and O–H groups in total. The van der Waals surface area contributed by atoms with Crippen LogP contribution in [0.5, 0.6) is 0 Å². The molecule has 0 saturated carbocycles. The Morgan fingerprint density at radius 2 is 2.00 bits per heavy atom. The molecule has 1 heterocycles. The molecule has 2 unspecified atom stereocenters. The quantitative estimate of drug-likeness (QED) is 0.751. The molecule has 0 aliphatic carbocycles. The molecule has 0 aromatic heterocycles. The number of carbonyl (C=O) groups is 1. The molecule has 5 nitrogen and oxygen atoms in total. The number of nitriles is 1. The standard InChI is InChI=1S/C23H35N3O2/c1-18(2)23(17-24,19-10-7-6-8-11-19)13-9-14-26-15-12-20(16-26)25-21(27)28-22(3,4)5/h6-8,10-11,18,20H,9,12-16H2,1-5H3,(H,25,27). The molecule has 154 valence electrons. The number of amides is 1. The third-order valence-electron chi connectivity index (χ3n) is 5.51. The van der Waals surface area contributed by atoms with E-state index in [0.29, 0.717) is 0 Å². The number of ether oxygens (including phenoxy) is 1. The van der Waals surface area contributed by atoms with E-state index in [9.17, 15) is 10.1 Å². The number of benzene rings is 1. The Kier molecular flexibility index (Phi) is 7.48. The highest BCUT2D eigenvalue weighted by atomic mass is 16.6. The molecular weight excluding hydrogens is 350 g/mol. The summed E-state index contributed by atoms with van der Waals surface area (Å²) in [7, 11) is 0. The topological polar surface area (TPSA) is 65.4 Å². The first-order valence-electron chi connectivity index (χ1n) is 10.3. The Bertz CT molecular complexity index is 675. The first-order chi connectivity index (χ1) is 13.2. The van der Waals surface area contributed by atoms with Crippen LogP contribution in [0.15, 0.2) is 30.3 Å². The third kappa shape index (κ3) is 5.97. The third-order valence-corrected chi connectivity index (χ3v) is 5.51. The summed E-state index contributed by atoms with van der Waals surface area (Å²) in [5, 5.41) is 13.0. The predicted octanol–water partition coefficient (Wildman–Crippen LogP) is 4.48. The van der Waals surface area contributed by atoms with Crippen LogP contribution in [0, 0.1) is 17.2 Å². The lowest BCUT2D eigenvalue weighted by molar-refractivity contribution is 0.0506. The normalized spacial score (nSPS) is 19.8. The maximum atomic E-state index is 11.9. The van der Waals surface area contributed by atoms with E-state index in [1.54, 1.807) is 0 Å². The molecule has 1 fully saturated rings. The van der Waals surface area contributed by atoms with Gasteiger partial charge in [0, 0.05) is 19.1 Å². The number of nitrogens with zero attached hydrogens (tertiary/aromatic N) is 2. The number of likely N-dealkylation sites (tertiary alicyclic amines) is 1. The van der Waals surface area contributed by atoms with Gasteiger partial charge in [-0.15, -0.1) is 0 Å². The highest BCUT2D eigenvalue weighted by molar-refractivity contribution is 5.68. The van der Waals surface area contributed by atoms with Gasteiger partial charge in [-0.05, 0) is 58.1 Å². The summed E-state index contributed by atoms with van der Waals surface area (Å²) in [6.07, 6.45) is 2.39. The van der Waals surface area contributed by atoms with Gasteiger partial charge in [-0.1, -0.05) is 44.2 Å². The van der Waals surface area contributed by atoms with Crippen molar-refractivity contribution in [2.75, 3.05) is 19.6 Å². The van der Waals surface area contributed by atoms with Crippen LogP contribution < -0.4 is 5.32 Å². The predicted molar refractivity (Wildman–Crippen MR) is 112 cm³/mol. The fraction of sp³-hybridized carbons (Fsp3) is 0.652. The van der Waals surface area contributed by atoms with Gasteiger partial charge in [0.05, 0.1) is 11.5 Å². The summed E-state index contributed by atoms with van der Waals surface area (Å²) in [5.74, 6) is 0.250. The van der Waals surface area contributed by atoms with E-state index in [-0.39, 0.29) is 18.1 Å². The molecule has 5 heteroatoms. The zero-order valence-corrected chi connectivity index (χ0v) is 18.0. The molecule has 1 saturated heterocycles. The van der Waals surface area contributed by atoms with Crippen molar-refractivity contribution >= 4 is 6.09 Å². The van der Waals surface area contributed by atoms with Crippen molar-refractivity contribution in [1.82, 2.24) is 10.2 Å². The molecule has 1 amide bonds. The first-order valence-corrected chi connectivity index (χ1v) is 10.3. The number of hydrogen-bond donors (Lipinski definition) is 1. The SMILES string of the molecule is CC(C)C(C#N)(CCCN1CCC(NC(=O)OC(C)(C)C)C1)c1ccccc1. The van der Waals surface area contributed by atoms with Crippen molar-refractivity contribution in [3.05, 3.63) is 35.9 Å². The lowest BCUT2D eigenvalue weighted by atomic mass is 9.70. The molecule has 2 rings (SSSR count). The smallest absolute Gasteiger partial charge is 0.407 e. The van der Waals surface area contributed by atoms with Crippen molar-refractivity contribution in [3.8, 4) is 6.07 Å². The summed E-state index contributed by atoms with van der Waals surface area (Å²) in [5.41, 5.74) is 0.185. The summed E-state index contributed by atoms with van der Waals surface area (Å²) in [6, 6.07) is 12.9. The van der Waals surface area contributed by atoms with E-state index in [4.69, 9.17) is 4.74 Å². The lowest BCUT2D eigenvalue weighted by Crippen LogP contribution is -2.40. The summed E-state index contributed by atoms with van der Waals surface area (Å²) in [6.45, 7) is 12.6. The first kappa shape index (κ1) is 22.2. The van der Waals surface area contributed by atoms with E-state index >= 15 is 0 Å². The van der Waals surface area contributed by atoms with Gasteiger partial charge < -0.3 is 15.0 Å². The van der Waals surface area contributed by atoms with Crippen molar-refractivity contribution in [2.24, 2.45) is 5.92 Å². The molecule has 0 spiro atoms. The van der Waals surface area contributed by atoms with E-state index in [1.165, 1.54) is 0 Å². The van der Waals surface area contributed by atoms with Crippen LogP contribution in [-0.2, 0) is 10.2 Å². The highest BCUT2D eigenvalue weighted by Crippen LogP contribution is 2.36. The number of hydrogen-bond acceptors (Lipinski definition) is 4. The maximum Gasteiger partial charge on any atom is 0.407 e. The number of rotatable bonds is 7. The molecular formula is C23H35N3O2. The molecule has 28 heavy (non-hydrogen) atoms. The zero-order valence-electron chi connectivity index (χ0n) is 18.0. The highest BCUT2D eigenvalue weighted by Gasteiger charge is 2.36. The van der Waals surface area contributed by atoms with Crippen molar-refractivity contribution in [3.63, 3.8) is 0 Å². The van der Waals surface area contributed by atoms with E-state index < -0.39 is 11.0 Å². The van der Waals surface area contributed by atoms with Gasteiger partial charge in [-0.2, -0.15) is 5.26 Å². The second-order valence-electron chi connectivity index (χ2n) is 9.14. The van der Waals surface area contributed by atoms with E-state index in [0.717, 1.165) is 44.5 Å². The fourth-order valence-electron chi connectivity index (χ4n) is 3.96. The molecule has 1 aliphatic rings. The molecule has 2 atom stereocenters. The van der Waals surface area contributed by atoms with Gasteiger partial charge in [0.15, 0.2) is 0 Å². The van der Waals surface area contributed by atoms with Crippen LogP contribution in [-0.4, -0.2) is 42.3 Å². The van der Waals surface area contributed by atoms with Gasteiger partial charge in [0.25, 0.3) is 0 Å². The fourth-order valence-corrected chi connectivity index (χ4v) is 3.96. The average molecular weight is 386 g/mol. The van der Waals surface area contributed by atoms with Crippen LogP contribution in [0.4, 0.5) is 4.79 Å². The molecule has 1 aromatic rings. The number of nitrogens with one attached hydrogen (secondary N) is 1. The maximum absolute atomic E-state index is 11.9. The Morgan fingerprint density at radius 1 is 1.32 bits per heavy atom. The van der Waals surface area contributed by atoms with Crippen LogP contribution in [0.3, 0.4) is 0 Å². The Morgan fingerprint density at radius 3 is 2.57 bits per heavy atom.